The molecule has 4 heteroatoms. The third-order valence-corrected chi connectivity index (χ3v) is 3.69. The van der Waals surface area contributed by atoms with Gasteiger partial charge in [0.1, 0.15) is 11.5 Å². The van der Waals surface area contributed by atoms with Crippen molar-refractivity contribution in [2.24, 2.45) is 0 Å². The van der Waals surface area contributed by atoms with Crippen LogP contribution in [0.3, 0.4) is 0 Å². The first-order valence-electron chi connectivity index (χ1n) is 7.55. The zero-order valence-electron chi connectivity index (χ0n) is 13.3. The highest BCUT2D eigenvalue weighted by atomic mass is 16.3. The lowest BCUT2D eigenvalue weighted by Crippen LogP contribution is -2.29. The predicted octanol–water partition coefficient (Wildman–Crippen LogP) is 3.18. The number of amides is 1. The first kappa shape index (κ1) is 16.3. The molecule has 0 saturated heterocycles. The lowest BCUT2D eigenvalue weighted by molar-refractivity contribution is 0.0944. The van der Waals surface area contributed by atoms with Gasteiger partial charge in [-0.15, -0.1) is 0 Å². The zero-order chi connectivity index (χ0) is 16.1. The molecule has 0 bridgehead atoms. The molecule has 1 aromatic carbocycles. The van der Waals surface area contributed by atoms with E-state index in [9.17, 15) is 9.90 Å². The average Bonchev–Trinajstić information content (AvgIpc) is 2.82. The molecule has 0 fully saturated rings. The number of furan rings is 1. The largest absolute Gasteiger partial charge is 0.466 e. The van der Waals surface area contributed by atoms with Gasteiger partial charge in [0.2, 0.25) is 0 Å². The Balaban J connectivity index is 2.05. The Morgan fingerprint density at radius 2 is 1.95 bits per heavy atom. The number of aryl methyl sites for hydroxylation is 2. The molecule has 0 aliphatic rings. The number of benzene rings is 1. The van der Waals surface area contributed by atoms with Crippen molar-refractivity contribution in [3.8, 4) is 0 Å². The molecular formula is C18H23NO3. The van der Waals surface area contributed by atoms with E-state index in [0.717, 1.165) is 11.3 Å². The Bertz CT molecular complexity index is 617. The minimum absolute atomic E-state index is 0.0819. The fraction of sp³-hybridized carbons (Fsp3) is 0.389. The van der Waals surface area contributed by atoms with Crippen molar-refractivity contribution in [3.05, 3.63) is 59.0 Å². The third-order valence-electron chi connectivity index (χ3n) is 3.69. The molecule has 0 aliphatic heterocycles. The second-order valence-corrected chi connectivity index (χ2v) is 5.73. The summed E-state index contributed by atoms with van der Waals surface area (Å²) in [6.07, 6.45) is 0.188. The molecule has 0 radical (unpaired) electrons. The van der Waals surface area contributed by atoms with Crippen molar-refractivity contribution in [2.45, 2.75) is 39.2 Å². The van der Waals surface area contributed by atoms with E-state index in [-0.39, 0.29) is 11.8 Å². The van der Waals surface area contributed by atoms with E-state index in [1.165, 1.54) is 0 Å². The zero-order valence-corrected chi connectivity index (χ0v) is 13.3. The molecular weight excluding hydrogens is 278 g/mol. The van der Waals surface area contributed by atoms with Crippen LogP contribution in [0.4, 0.5) is 0 Å². The standard InChI is InChI=1S/C18H23NO3/c1-12(20)9-16(15-7-5-4-6-8-15)11-19-18(21)17-10-13(2)22-14(17)3/h4-8,10,12,16,20H,9,11H2,1-3H3,(H,19,21). The predicted molar refractivity (Wildman–Crippen MR) is 86.0 cm³/mol. The number of carbonyl (C=O) groups excluding carboxylic acids is 1. The van der Waals surface area contributed by atoms with Crippen LogP contribution in [-0.2, 0) is 0 Å². The summed E-state index contributed by atoms with van der Waals surface area (Å²) in [5.74, 6) is 1.30. The molecule has 2 unspecified atom stereocenters. The van der Waals surface area contributed by atoms with Gasteiger partial charge in [0.05, 0.1) is 11.7 Å². The summed E-state index contributed by atoms with van der Waals surface area (Å²) in [6.45, 7) is 5.86. The van der Waals surface area contributed by atoms with E-state index in [2.05, 4.69) is 5.32 Å². The number of nitrogens with one attached hydrogen (secondary N) is 1. The topological polar surface area (TPSA) is 62.5 Å². The maximum absolute atomic E-state index is 12.3. The molecule has 4 nitrogen and oxygen atoms in total. The maximum atomic E-state index is 12.3. The number of hydrogen-bond acceptors (Lipinski definition) is 3. The van der Waals surface area contributed by atoms with Crippen molar-refractivity contribution in [1.82, 2.24) is 5.32 Å². The van der Waals surface area contributed by atoms with E-state index in [1.54, 1.807) is 19.9 Å². The van der Waals surface area contributed by atoms with Crippen LogP contribution in [0.1, 0.15) is 46.7 Å². The van der Waals surface area contributed by atoms with Crippen LogP contribution in [0.2, 0.25) is 0 Å². The summed E-state index contributed by atoms with van der Waals surface area (Å²) in [5.41, 5.74) is 1.69. The highest BCUT2D eigenvalue weighted by molar-refractivity contribution is 5.95. The van der Waals surface area contributed by atoms with Crippen LogP contribution < -0.4 is 5.32 Å². The van der Waals surface area contributed by atoms with Crippen LogP contribution in [0.5, 0.6) is 0 Å². The van der Waals surface area contributed by atoms with Crippen molar-refractivity contribution in [2.75, 3.05) is 6.54 Å². The number of aliphatic hydroxyl groups excluding tert-OH is 1. The van der Waals surface area contributed by atoms with Gasteiger partial charge in [-0.2, -0.15) is 0 Å². The first-order valence-corrected chi connectivity index (χ1v) is 7.55. The van der Waals surface area contributed by atoms with E-state index >= 15 is 0 Å². The molecule has 2 N–H and O–H groups in total. The van der Waals surface area contributed by atoms with Crippen LogP contribution >= 0.6 is 0 Å². The maximum Gasteiger partial charge on any atom is 0.254 e. The summed E-state index contributed by atoms with van der Waals surface area (Å²) in [7, 11) is 0. The van der Waals surface area contributed by atoms with Gasteiger partial charge < -0.3 is 14.8 Å². The van der Waals surface area contributed by atoms with Gasteiger partial charge in [0.25, 0.3) is 5.91 Å². The van der Waals surface area contributed by atoms with Crippen LogP contribution in [0.25, 0.3) is 0 Å². The van der Waals surface area contributed by atoms with Crippen molar-refractivity contribution >= 4 is 5.91 Å². The Hall–Kier alpha value is -2.07. The van der Waals surface area contributed by atoms with Crippen LogP contribution in [0, 0.1) is 13.8 Å². The highest BCUT2D eigenvalue weighted by Gasteiger charge is 2.18. The SMILES string of the molecule is Cc1cc(C(=O)NCC(CC(C)O)c2ccccc2)c(C)o1. The normalized spacial score (nSPS) is 13.6. The van der Waals surface area contributed by atoms with Crippen LogP contribution in [0.15, 0.2) is 40.8 Å². The molecule has 1 aromatic heterocycles. The first-order chi connectivity index (χ1) is 10.5. The van der Waals surface area contributed by atoms with Gasteiger partial charge in [-0.25, -0.2) is 0 Å². The fourth-order valence-electron chi connectivity index (χ4n) is 2.64. The van der Waals surface area contributed by atoms with Gasteiger partial charge in [-0.1, -0.05) is 30.3 Å². The number of rotatable bonds is 6. The van der Waals surface area contributed by atoms with E-state index < -0.39 is 6.10 Å². The summed E-state index contributed by atoms with van der Waals surface area (Å²) in [4.78, 5) is 12.3. The van der Waals surface area contributed by atoms with Crippen molar-refractivity contribution in [1.29, 1.82) is 0 Å². The monoisotopic (exact) mass is 301 g/mol. The molecule has 1 heterocycles. The molecule has 2 aromatic rings. The summed E-state index contributed by atoms with van der Waals surface area (Å²) in [6, 6.07) is 11.7. The molecule has 0 saturated carbocycles. The van der Waals surface area contributed by atoms with Crippen LogP contribution in [-0.4, -0.2) is 23.7 Å². The smallest absolute Gasteiger partial charge is 0.254 e. The Morgan fingerprint density at radius 1 is 1.27 bits per heavy atom. The molecule has 1 amide bonds. The fourth-order valence-corrected chi connectivity index (χ4v) is 2.64. The lowest BCUT2D eigenvalue weighted by atomic mass is 9.93. The Morgan fingerprint density at radius 3 is 2.50 bits per heavy atom. The van der Waals surface area contributed by atoms with Gasteiger partial charge >= 0.3 is 0 Å². The van der Waals surface area contributed by atoms with Crippen molar-refractivity contribution in [3.63, 3.8) is 0 Å². The summed E-state index contributed by atoms with van der Waals surface area (Å²) < 4.78 is 5.39. The lowest BCUT2D eigenvalue weighted by Gasteiger charge is -2.19. The Kier molecular flexibility index (Phi) is 5.39. The Labute approximate surface area is 131 Å². The molecule has 2 rings (SSSR count). The quantitative estimate of drug-likeness (QED) is 0.861. The van der Waals surface area contributed by atoms with Gasteiger partial charge in [-0.3, -0.25) is 4.79 Å². The van der Waals surface area contributed by atoms with E-state index in [1.807, 2.05) is 37.3 Å². The third kappa shape index (κ3) is 4.21. The van der Waals surface area contributed by atoms with Crippen molar-refractivity contribution < 1.29 is 14.3 Å². The summed E-state index contributed by atoms with van der Waals surface area (Å²) >= 11 is 0. The van der Waals surface area contributed by atoms with Gasteiger partial charge in [0.15, 0.2) is 0 Å². The second kappa shape index (κ2) is 7.27. The minimum Gasteiger partial charge on any atom is -0.466 e. The molecule has 0 spiro atoms. The van der Waals surface area contributed by atoms with E-state index in [4.69, 9.17) is 4.42 Å². The molecule has 0 aliphatic carbocycles. The average molecular weight is 301 g/mol. The molecule has 2 atom stereocenters. The molecule has 118 valence electrons. The second-order valence-electron chi connectivity index (χ2n) is 5.73. The number of carbonyl (C=O) groups is 1. The molecule has 22 heavy (non-hydrogen) atoms. The summed E-state index contributed by atoms with van der Waals surface area (Å²) in [5, 5.41) is 12.6. The highest BCUT2D eigenvalue weighted by Crippen LogP contribution is 2.21. The number of hydrogen-bond donors (Lipinski definition) is 2. The van der Waals surface area contributed by atoms with E-state index in [0.29, 0.717) is 24.3 Å². The number of aliphatic hydroxyl groups is 1. The van der Waals surface area contributed by atoms with Gasteiger partial charge in [0, 0.05) is 12.5 Å². The minimum atomic E-state index is -0.417. The van der Waals surface area contributed by atoms with Gasteiger partial charge in [-0.05, 0) is 38.8 Å².